The molecule has 3 rings (SSSR count). The van der Waals surface area contributed by atoms with Crippen LogP contribution in [-0.2, 0) is 13.2 Å². The first-order valence-electron chi connectivity index (χ1n) is 8.51. The predicted molar refractivity (Wildman–Crippen MR) is 96.7 cm³/mol. The van der Waals surface area contributed by atoms with Gasteiger partial charge in [0.2, 0.25) is 5.89 Å². The fraction of sp³-hybridized carbons (Fsp3) is 0.250. The topological polar surface area (TPSA) is 68.5 Å². The van der Waals surface area contributed by atoms with Gasteiger partial charge in [0.1, 0.15) is 18.9 Å². The van der Waals surface area contributed by atoms with Crippen LogP contribution in [0.2, 0.25) is 0 Å². The van der Waals surface area contributed by atoms with Gasteiger partial charge in [-0.25, -0.2) is 0 Å². The molecule has 134 valence electrons. The Kier molecular flexibility index (Phi) is 5.63. The zero-order valence-electron chi connectivity index (χ0n) is 14.9. The largest absolute Gasteiger partial charge is 0.488 e. The third-order valence-corrected chi connectivity index (χ3v) is 3.92. The van der Waals surface area contributed by atoms with Crippen molar-refractivity contribution in [3.05, 3.63) is 77.4 Å². The van der Waals surface area contributed by atoms with E-state index in [4.69, 9.17) is 9.26 Å². The lowest BCUT2D eigenvalue weighted by atomic mass is 10.1. The molecule has 6 nitrogen and oxygen atoms in total. The van der Waals surface area contributed by atoms with Gasteiger partial charge >= 0.3 is 0 Å². The quantitative estimate of drug-likeness (QED) is 0.650. The second kappa shape index (κ2) is 8.29. The lowest BCUT2D eigenvalue weighted by Crippen LogP contribution is -2.30. The summed E-state index contributed by atoms with van der Waals surface area (Å²) in [6.45, 7) is 4.85. The van der Waals surface area contributed by atoms with Crippen LogP contribution in [0, 0.1) is 6.92 Å². The SMILES string of the molecule is CCN(Cc1nc(C)no1)C(=O)c1ccccc1OCc1ccccc1. The van der Waals surface area contributed by atoms with E-state index in [-0.39, 0.29) is 12.5 Å². The van der Waals surface area contributed by atoms with Crippen LogP contribution in [0.15, 0.2) is 59.1 Å². The zero-order valence-corrected chi connectivity index (χ0v) is 14.9. The Hall–Kier alpha value is -3.15. The highest BCUT2D eigenvalue weighted by atomic mass is 16.5. The monoisotopic (exact) mass is 351 g/mol. The van der Waals surface area contributed by atoms with Crippen molar-refractivity contribution in [1.82, 2.24) is 15.0 Å². The molecule has 0 aliphatic heterocycles. The van der Waals surface area contributed by atoms with E-state index in [1.807, 2.05) is 49.4 Å². The average molecular weight is 351 g/mol. The summed E-state index contributed by atoms with van der Waals surface area (Å²) in [5.74, 6) is 1.39. The summed E-state index contributed by atoms with van der Waals surface area (Å²) in [5.41, 5.74) is 1.56. The number of nitrogens with zero attached hydrogens (tertiary/aromatic N) is 3. The van der Waals surface area contributed by atoms with Crippen molar-refractivity contribution in [2.45, 2.75) is 27.0 Å². The summed E-state index contributed by atoms with van der Waals surface area (Å²) in [7, 11) is 0. The van der Waals surface area contributed by atoms with Crippen LogP contribution in [0.25, 0.3) is 0 Å². The summed E-state index contributed by atoms with van der Waals surface area (Å²) in [6.07, 6.45) is 0. The first-order valence-corrected chi connectivity index (χ1v) is 8.51. The summed E-state index contributed by atoms with van der Waals surface area (Å²) in [4.78, 5) is 18.8. The van der Waals surface area contributed by atoms with Gasteiger partial charge in [0.05, 0.1) is 5.56 Å². The lowest BCUT2D eigenvalue weighted by molar-refractivity contribution is 0.0729. The summed E-state index contributed by atoms with van der Waals surface area (Å²) in [5, 5.41) is 3.77. The molecule has 0 spiro atoms. The molecule has 0 aliphatic rings. The van der Waals surface area contributed by atoms with E-state index in [1.54, 1.807) is 24.0 Å². The van der Waals surface area contributed by atoms with Crippen LogP contribution in [0.5, 0.6) is 5.75 Å². The van der Waals surface area contributed by atoms with Crippen molar-refractivity contribution in [1.29, 1.82) is 0 Å². The van der Waals surface area contributed by atoms with Gasteiger partial charge in [-0.15, -0.1) is 0 Å². The molecule has 26 heavy (non-hydrogen) atoms. The lowest BCUT2D eigenvalue weighted by Gasteiger charge is -2.20. The second-order valence-electron chi connectivity index (χ2n) is 5.83. The van der Waals surface area contributed by atoms with Gasteiger partial charge in [-0.05, 0) is 31.5 Å². The van der Waals surface area contributed by atoms with E-state index in [9.17, 15) is 4.79 Å². The minimum Gasteiger partial charge on any atom is -0.488 e. The van der Waals surface area contributed by atoms with E-state index in [0.29, 0.717) is 36.2 Å². The number of rotatable bonds is 7. The highest BCUT2D eigenvalue weighted by Gasteiger charge is 2.20. The van der Waals surface area contributed by atoms with E-state index in [0.717, 1.165) is 5.56 Å². The molecule has 0 radical (unpaired) electrons. The molecule has 0 aliphatic carbocycles. The minimum atomic E-state index is -0.132. The normalized spacial score (nSPS) is 10.5. The molecule has 6 heteroatoms. The molecule has 3 aromatic rings. The van der Waals surface area contributed by atoms with Gasteiger partial charge in [0.15, 0.2) is 5.82 Å². The fourth-order valence-electron chi connectivity index (χ4n) is 2.57. The number of hydrogen-bond donors (Lipinski definition) is 0. The molecular weight excluding hydrogens is 330 g/mol. The Labute approximate surface area is 152 Å². The van der Waals surface area contributed by atoms with Crippen LogP contribution < -0.4 is 4.74 Å². The maximum Gasteiger partial charge on any atom is 0.258 e. The maximum absolute atomic E-state index is 13.0. The van der Waals surface area contributed by atoms with Crippen molar-refractivity contribution < 1.29 is 14.1 Å². The van der Waals surface area contributed by atoms with Gasteiger partial charge in [0.25, 0.3) is 5.91 Å². The predicted octanol–water partition coefficient (Wildman–Crippen LogP) is 3.62. The average Bonchev–Trinajstić information content (AvgIpc) is 3.10. The van der Waals surface area contributed by atoms with Crippen LogP contribution in [0.4, 0.5) is 0 Å². The Morgan fingerprint density at radius 3 is 2.54 bits per heavy atom. The molecule has 1 aromatic heterocycles. The number of hydrogen-bond acceptors (Lipinski definition) is 5. The molecule has 0 bridgehead atoms. The number of aromatic nitrogens is 2. The molecular formula is C20H21N3O3. The molecule has 0 fully saturated rings. The third kappa shape index (κ3) is 4.27. The summed E-state index contributed by atoms with van der Waals surface area (Å²) in [6, 6.07) is 17.1. The number of aryl methyl sites for hydroxylation is 1. The van der Waals surface area contributed by atoms with Gasteiger partial charge in [-0.3, -0.25) is 4.79 Å². The molecule has 0 saturated carbocycles. The van der Waals surface area contributed by atoms with Gasteiger partial charge in [0, 0.05) is 6.54 Å². The van der Waals surface area contributed by atoms with Crippen LogP contribution in [0.1, 0.15) is 34.6 Å². The maximum atomic E-state index is 13.0. The van der Waals surface area contributed by atoms with Crippen molar-refractivity contribution in [3.8, 4) is 5.75 Å². The number of carbonyl (C=O) groups is 1. The van der Waals surface area contributed by atoms with E-state index < -0.39 is 0 Å². The van der Waals surface area contributed by atoms with E-state index in [2.05, 4.69) is 10.1 Å². The summed E-state index contributed by atoms with van der Waals surface area (Å²) < 4.78 is 11.0. The Morgan fingerprint density at radius 1 is 1.12 bits per heavy atom. The van der Waals surface area contributed by atoms with Gasteiger partial charge in [-0.1, -0.05) is 47.6 Å². The number of amides is 1. The highest BCUT2D eigenvalue weighted by Crippen LogP contribution is 2.22. The van der Waals surface area contributed by atoms with E-state index >= 15 is 0 Å². The zero-order chi connectivity index (χ0) is 18.4. The number of benzene rings is 2. The van der Waals surface area contributed by atoms with Crippen molar-refractivity contribution in [2.24, 2.45) is 0 Å². The standard InChI is InChI=1S/C20H21N3O3/c1-3-23(13-19-21-15(2)22-26-19)20(24)17-11-7-8-12-18(17)25-14-16-9-5-4-6-10-16/h4-12H,3,13-14H2,1-2H3. The van der Waals surface area contributed by atoms with Crippen LogP contribution >= 0.6 is 0 Å². The Bertz CT molecular complexity index is 862. The third-order valence-electron chi connectivity index (χ3n) is 3.92. The van der Waals surface area contributed by atoms with Crippen molar-refractivity contribution >= 4 is 5.91 Å². The number of para-hydroxylation sites is 1. The number of ether oxygens (including phenoxy) is 1. The molecule has 0 N–H and O–H groups in total. The van der Waals surface area contributed by atoms with E-state index in [1.165, 1.54) is 0 Å². The van der Waals surface area contributed by atoms with Crippen molar-refractivity contribution in [2.75, 3.05) is 6.54 Å². The minimum absolute atomic E-state index is 0.132. The molecule has 0 saturated heterocycles. The van der Waals surface area contributed by atoms with Crippen molar-refractivity contribution in [3.63, 3.8) is 0 Å². The van der Waals surface area contributed by atoms with Crippen LogP contribution in [0.3, 0.4) is 0 Å². The first-order chi connectivity index (χ1) is 12.7. The highest BCUT2D eigenvalue weighted by molar-refractivity contribution is 5.96. The van der Waals surface area contributed by atoms with Gasteiger partial charge < -0.3 is 14.2 Å². The molecule has 0 atom stereocenters. The molecule has 2 aromatic carbocycles. The Balaban J connectivity index is 1.75. The first kappa shape index (κ1) is 17.7. The molecule has 0 unspecified atom stereocenters. The second-order valence-corrected chi connectivity index (χ2v) is 5.83. The molecule has 1 heterocycles. The fourth-order valence-corrected chi connectivity index (χ4v) is 2.57. The van der Waals surface area contributed by atoms with Crippen LogP contribution in [-0.4, -0.2) is 27.5 Å². The Morgan fingerprint density at radius 2 is 1.85 bits per heavy atom. The molecule has 1 amide bonds. The van der Waals surface area contributed by atoms with Gasteiger partial charge in [-0.2, -0.15) is 4.98 Å². The smallest absolute Gasteiger partial charge is 0.258 e. The summed E-state index contributed by atoms with van der Waals surface area (Å²) >= 11 is 0. The number of carbonyl (C=O) groups excluding carboxylic acids is 1.